The predicted molar refractivity (Wildman–Crippen MR) is 115 cm³/mol. The number of hydrogen-bond acceptors (Lipinski definition) is 3. The molecule has 0 spiro atoms. The van der Waals surface area contributed by atoms with E-state index < -0.39 is 10.0 Å². The Bertz CT molecular complexity index is 551. The maximum absolute atomic E-state index is 11.9. The average Bonchev–Trinajstić information content (AvgIpc) is 2.96. The third-order valence-corrected chi connectivity index (χ3v) is 6.72. The minimum atomic E-state index is -3.12. The summed E-state index contributed by atoms with van der Waals surface area (Å²) >= 11 is 0. The van der Waals surface area contributed by atoms with Gasteiger partial charge in [-0.3, -0.25) is 4.99 Å². The monoisotopic (exact) mass is 486 g/mol. The summed E-state index contributed by atoms with van der Waals surface area (Å²) in [5.41, 5.74) is 0.358. The van der Waals surface area contributed by atoms with E-state index >= 15 is 0 Å². The largest absolute Gasteiger partial charge is 0.355 e. The second-order valence-corrected chi connectivity index (χ2v) is 9.62. The first-order valence-corrected chi connectivity index (χ1v) is 11.1. The summed E-state index contributed by atoms with van der Waals surface area (Å²) in [6, 6.07) is 0.0450. The Morgan fingerprint density at radius 1 is 1.32 bits per heavy atom. The number of nitrogens with zero attached hydrogens (tertiary/aromatic N) is 3. The molecule has 2 rings (SSSR count). The van der Waals surface area contributed by atoms with Crippen molar-refractivity contribution in [3.05, 3.63) is 0 Å². The summed E-state index contributed by atoms with van der Waals surface area (Å²) in [6.07, 6.45) is 8.09. The van der Waals surface area contributed by atoms with Crippen LogP contribution in [0.25, 0.3) is 0 Å². The highest BCUT2D eigenvalue weighted by Crippen LogP contribution is 2.33. The Hall–Kier alpha value is -0.0900. The molecule has 0 amide bonds. The van der Waals surface area contributed by atoms with Crippen molar-refractivity contribution < 1.29 is 8.42 Å². The van der Waals surface area contributed by atoms with Crippen LogP contribution in [0.15, 0.2) is 4.99 Å². The summed E-state index contributed by atoms with van der Waals surface area (Å²) in [6.45, 7) is 7.96. The molecular weight excluding hydrogens is 451 g/mol. The van der Waals surface area contributed by atoms with Crippen molar-refractivity contribution in [3.8, 4) is 0 Å². The molecule has 0 radical (unpaired) electrons. The number of halogens is 1. The molecule has 2 aliphatic rings. The molecule has 2 fully saturated rings. The van der Waals surface area contributed by atoms with Gasteiger partial charge >= 0.3 is 0 Å². The number of sulfonamides is 1. The van der Waals surface area contributed by atoms with Gasteiger partial charge in [-0.1, -0.05) is 20.3 Å². The van der Waals surface area contributed by atoms with Gasteiger partial charge in [0, 0.05) is 39.3 Å². The molecule has 0 aromatic heterocycles. The van der Waals surface area contributed by atoms with Crippen LogP contribution in [0.3, 0.4) is 0 Å². The van der Waals surface area contributed by atoms with Crippen LogP contribution in [0.4, 0.5) is 0 Å². The second-order valence-electron chi connectivity index (χ2n) is 7.68. The van der Waals surface area contributed by atoms with Crippen LogP contribution in [0, 0.1) is 5.41 Å². The number of likely N-dealkylation sites (tertiary alicyclic amines) is 1. The molecular formula is C17H35IN4O2S. The van der Waals surface area contributed by atoms with Gasteiger partial charge in [0.1, 0.15) is 0 Å². The fraction of sp³-hybridized carbons (Fsp3) is 0.941. The van der Waals surface area contributed by atoms with Crippen LogP contribution < -0.4 is 5.32 Å². The summed E-state index contributed by atoms with van der Waals surface area (Å²) in [4.78, 5) is 6.80. The van der Waals surface area contributed by atoms with Crippen LogP contribution in [0.5, 0.6) is 0 Å². The summed E-state index contributed by atoms with van der Waals surface area (Å²) in [5, 5.41) is 3.43. The van der Waals surface area contributed by atoms with Crippen molar-refractivity contribution in [2.75, 3.05) is 39.5 Å². The summed E-state index contributed by atoms with van der Waals surface area (Å²) in [5.74, 6) is 0.914. The molecule has 25 heavy (non-hydrogen) atoms. The van der Waals surface area contributed by atoms with Gasteiger partial charge in [0.25, 0.3) is 0 Å². The number of nitrogens with one attached hydrogen (secondary N) is 1. The highest BCUT2D eigenvalue weighted by atomic mass is 127. The average molecular weight is 486 g/mol. The maximum atomic E-state index is 11.9. The molecule has 2 heterocycles. The normalized spacial score (nSPS) is 28.7. The van der Waals surface area contributed by atoms with E-state index in [0.717, 1.165) is 31.9 Å². The Balaban J connectivity index is 0.00000312. The highest BCUT2D eigenvalue weighted by Gasteiger charge is 2.34. The zero-order chi connectivity index (χ0) is 17.8. The van der Waals surface area contributed by atoms with Crippen molar-refractivity contribution in [1.29, 1.82) is 0 Å². The smallest absolute Gasteiger partial charge is 0.211 e. The highest BCUT2D eigenvalue weighted by molar-refractivity contribution is 14.0. The molecule has 0 bridgehead atoms. The number of aliphatic imine (C=N–C) groups is 1. The standard InChI is InChI=1S/C17H34N4O2S.HI/c1-5-9-17(2)10-7-11-20(14-17)16(18-3)19-13-15-8-6-12-21(15)24(4,22)23;/h15H,5-14H2,1-4H3,(H,18,19);1H/t15-,17?;/m1./s1. The van der Waals surface area contributed by atoms with Crippen molar-refractivity contribution in [2.24, 2.45) is 10.4 Å². The SMILES string of the molecule is CCCC1(C)CCCN(C(=NC)NC[C@H]2CCCN2S(C)(=O)=O)C1.I. The van der Waals surface area contributed by atoms with Crippen molar-refractivity contribution in [3.63, 3.8) is 0 Å². The van der Waals surface area contributed by atoms with E-state index in [1.807, 2.05) is 7.05 Å². The number of rotatable bonds is 5. The van der Waals surface area contributed by atoms with E-state index in [1.54, 1.807) is 4.31 Å². The lowest BCUT2D eigenvalue weighted by molar-refractivity contribution is 0.142. The molecule has 0 aromatic carbocycles. The van der Waals surface area contributed by atoms with E-state index in [0.29, 0.717) is 18.5 Å². The molecule has 2 atom stereocenters. The minimum absolute atomic E-state index is 0. The zero-order valence-corrected chi connectivity index (χ0v) is 19.3. The molecule has 2 saturated heterocycles. The van der Waals surface area contributed by atoms with Crippen molar-refractivity contribution in [2.45, 2.75) is 58.4 Å². The number of piperidine rings is 1. The van der Waals surface area contributed by atoms with Gasteiger partial charge in [0.15, 0.2) is 5.96 Å². The molecule has 8 heteroatoms. The van der Waals surface area contributed by atoms with E-state index in [4.69, 9.17) is 0 Å². The van der Waals surface area contributed by atoms with Gasteiger partial charge in [0.2, 0.25) is 10.0 Å². The molecule has 0 aliphatic carbocycles. The predicted octanol–water partition coefficient (Wildman–Crippen LogP) is 2.51. The van der Waals surface area contributed by atoms with Crippen molar-refractivity contribution >= 4 is 40.0 Å². The van der Waals surface area contributed by atoms with Gasteiger partial charge in [-0.15, -0.1) is 24.0 Å². The van der Waals surface area contributed by atoms with Gasteiger partial charge in [-0.2, -0.15) is 4.31 Å². The Kier molecular flexibility index (Phi) is 8.93. The first-order chi connectivity index (χ1) is 11.3. The van der Waals surface area contributed by atoms with Crippen LogP contribution in [-0.2, 0) is 10.0 Å². The van der Waals surface area contributed by atoms with Crippen molar-refractivity contribution in [1.82, 2.24) is 14.5 Å². The first-order valence-electron chi connectivity index (χ1n) is 9.21. The zero-order valence-electron chi connectivity index (χ0n) is 16.1. The van der Waals surface area contributed by atoms with Gasteiger partial charge in [0.05, 0.1) is 6.26 Å². The fourth-order valence-corrected chi connectivity index (χ4v) is 5.48. The van der Waals surface area contributed by atoms with Crippen LogP contribution in [0.1, 0.15) is 52.4 Å². The third-order valence-electron chi connectivity index (χ3n) is 5.39. The first kappa shape index (κ1) is 23.0. The van der Waals surface area contributed by atoms with Gasteiger partial charge < -0.3 is 10.2 Å². The summed E-state index contributed by atoms with van der Waals surface area (Å²) in [7, 11) is -1.30. The second kappa shape index (κ2) is 9.73. The lowest BCUT2D eigenvalue weighted by Gasteiger charge is -2.42. The quantitative estimate of drug-likeness (QED) is 0.369. The lowest BCUT2D eigenvalue weighted by Crippen LogP contribution is -2.52. The van der Waals surface area contributed by atoms with E-state index in [2.05, 4.69) is 29.1 Å². The Morgan fingerprint density at radius 3 is 2.64 bits per heavy atom. The van der Waals surface area contributed by atoms with Crippen LogP contribution in [-0.4, -0.2) is 69.1 Å². The van der Waals surface area contributed by atoms with E-state index in [9.17, 15) is 8.42 Å². The molecule has 148 valence electrons. The summed E-state index contributed by atoms with van der Waals surface area (Å²) < 4.78 is 25.4. The molecule has 2 aliphatic heterocycles. The molecule has 6 nitrogen and oxygen atoms in total. The Labute approximate surface area is 170 Å². The maximum Gasteiger partial charge on any atom is 0.211 e. The Morgan fingerprint density at radius 2 is 2.04 bits per heavy atom. The van der Waals surface area contributed by atoms with E-state index in [1.165, 1.54) is 31.9 Å². The third kappa shape index (κ3) is 6.23. The molecule has 0 aromatic rings. The number of hydrogen-bond donors (Lipinski definition) is 1. The van der Waals surface area contributed by atoms with E-state index in [-0.39, 0.29) is 30.0 Å². The molecule has 0 saturated carbocycles. The van der Waals surface area contributed by atoms with Gasteiger partial charge in [-0.05, 0) is 37.5 Å². The minimum Gasteiger partial charge on any atom is -0.355 e. The fourth-order valence-electron chi connectivity index (χ4n) is 4.30. The number of guanidine groups is 1. The lowest BCUT2D eigenvalue weighted by atomic mass is 9.78. The molecule has 1 N–H and O–H groups in total. The topological polar surface area (TPSA) is 65.0 Å². The van der Waals surface area contributed by atoms with Crippen LogP contribution in [0.2, 0.25) is 0 Å². The van der Waals surface area contributed by atoms with Crippen LogP contribution >= 0.6 is 24.0 Å². The van der Waals surface area contributed by atoms with Gasteiger partial charge in [-0.25, -0.2) is 8.42 Å². The molecule has 1 unspecified atom stereocenters.